The smallest absolute Gasteiger partial charge is 0.176 e. The Kier molecular flexibility index (Phi) is 2.72. The van der Waals surface area contributed by atoms with Crippen LogP contribution >= 0.6 is 0 Å². The topological polar surface area (TPSA) is 60.6 Å². The maximum absolute atomic E-state index is 10.5. The van der Waals surface area contributed by atoms with Gasteiger partial charge in [0.1, 0.15) is 11.7 Å². The second-order valence-corrected chi connectivity index (χ2v) is 4.11. The average Bonchev–Trinajstić information content (AvgIpc) is 2.30. The van der Waals surface area contributed by atoms with Gasteiger partial charge in [0.05, 0.1) is 6.54 Å². The quantitative estimate of drug-likeness (QED) is 0.681. The van der Waals surface area contributed by atoms with Crippen LogP contribution in [0.3, 0.4) is 0 Å². The van der Waals surface area contributed by atoms with Crippen molar-refractivity contribution in [2.24, 2.45) is 0 Å². The molecule has 0 bridgehead atoms. The van der Waals surface area contributed by atoms with Crippen molar-refractivity contribution < 1.29 is 10.4 Å². The molecule has 1 saturated heterocycles. The summed E-state index contributed by atoms with van der Waals surface area (Å²) >= 11 is 0. The lowest BCUT2D eigenvalue weighted by atomic mass is 9.82. The zero-order valence-electron chi connectivity index (χ0n) is 8.56. The van der Waals surface area contributed by atoms with E-state index in [0.717, 1.165) is 18.5 Å². The van der Waals surface area contributed by atoms with E-state index in [2.05, 4.69) is 6.07 Å². The highest BCUT2D eigenvalue weighted by atomic mass is 16.3. The van der Waals surface area contributed by atoms with Crippen LogP contribution in [-0.2, 0) is 5.60 Å². The Labute approximate surface area is 89.4 Å². The molecule has 2 rings (SSSR count). The molecular formula is C12H15N2O+. The minimum Gasteiger partial charge on any atom is -0.385 e. The number of aliphatic hydroxyl groups is 1. The zero-order valence-corrected chi connectivity index (χ0v) is 8.56. The Morgan fingerprint density at radius 1 is 1.40 bits per heavy atom. The van der Waals surface area contributed by atoms with Crippen molar-refractivity contribution in [3.63, 3.8) is 0 Å². The molecule has 0 spiro atoms. The highest BCUT2D eigenvalue weighted by molar-refractivity contribution is 5.23. The van der Waals surface area contributed by atoms with Gasteiger partial charge in [-0.2, -0.15) is 5.26 Å². The molecule has 1 aliphatic rings. The Bertz CT molecular complexity index is 371. The van der Waals surface area contributed by atoms with Crippen LogP contribution in [0.2, 0.25) is 0 Å². The maximum Gasteiger partial charge on any atom is 0.176 e. The molecule has 1 heterocycles. The third-order valence-corrected chi connectivity index (χ3v) is 3.04. The molecule has 0 radical (unpaired) electrons. The van der Waals surface area contributed by atoms with Gasteiger partial charge >= 0.3 is 0 Å². The van der Waals surface area contributed by atoms with Crippen molar-refractivity contribution in [1.29, 1.82) is 5.26 Å². The van der Waals surface area contributed by atoms with Crippen molar-refractivity contribution in [3.8, 4) is 6.07 Å². The van der Waals surface area contributed by atoms with Gasteiger partial charge in [-0.25, -0.2) is 0 Å². The minimum absolute atomic E-state index is 0.121. The summed E-state index contributed by atoms with van der Waals surface area (Å²) < 4.78 is 0. The third-order valence-electron chi connectivity index (χ3n) is 3.04. The molecule has 15 heavy (non-hydrogen) atoms. The molecule has 0 aromatic heterocycles. The summed E-state index contributed by atoms with van der Waals surface area (Å²) in [5.41, 5.74) is 0.120. The van der Waals surface area contributed by atoms with Gasteiger partial charge in [-0.15, -0.1) is 0 Å². The first kappa shape index (κ1) is 10.2. The van der Waals surface area contributed by atoms with Crippen LogP contribution in [-0.4, -0.2) is 17.7 Å². The molecule has 3 N–H and O–H groups in total. The molecule has 0 saturated carbocycles. The lowest BCUT2D eigenvalue weighted by molar-refractivity contribution is -0.691. The van der Waals surface area contributed by atoms with E-state index in [4.69, 9.17) is 5.26 Å². The average molecular weight is 203 g/mol. The Morgan fingerprint density at radius 2 is 2.13 bits per heavy atom. The summed E-state index contributed by atoms with van der Waals surface area (Å²) in [7, 11) is 0. The number of piperidine rings is 1. The molecule has 1 fully saturated rings. The maximum atomic E-state index is 10.5. The molecule has 1 aromatic carbocycles. The molecule has 3 heteroatoms. The summed E-state index contributed by atoms with van der Waals surface area (Å²) in [6.45, 7) is 0.809. The summed E-state index contributed by atoms with van der Waals surface area (Å²) in [5, 5.41) is 21.3. The van der Waals surface area contributed by atoms with Crippen molar-refractivity contribution in [1.82, 2.24) is 0 Å². The number of hydrogen-bond acceptors (Lipinski definition) is 2. The Hall–Kier alpha value is -1.37. The Balaban J connectivity index is 2.23. The van der Waals surface area contributed by atoms with Gasteiger partial charge in [-0.05, 0) is 5.56 Å². The summed E-state index contributed by atoms with van der Waals surface area (Å²) in [6, 6.07) is 11.7. The van der Waals surface area contributed by atoms with E-state index in [0.29, 0.717) is 6.42 Å². The van der Waals surface area contributed by atoms with Crippen LogP contribution in [0.5, 0.6) is 0 Å². The van der Waals surface area contributed by atoms with E-state index in [1.54, 1.807) is 0 Å². The second kappa shape index (κ2) is 4.01. The molecule has 0 amide bonds. The van der Waals surface area contributed by atoms with Crippen LogP contribution in [0, 0.1) is 11.3 Å². The zero-order chi connectivity index (χ0) is 10.7. The number of quaternary nitrogens is 1. The summed E-state index contributed by atoms with van der Waals surface area (Å²) in [5.74, 6) is 0. The van der Waals surface area contributed by atoms with Crippen LogP contribution in [0.1, 0.15) is 18.4 Å². The van der Waals surface area contributed by atoms with Gasteiger partial charge in [0.25, 0.3) is 0 Å². The third kappa shape index (κ3) is 2.01. The molecule has 0 unspecified atom stereocenters. The first-order valence-corrected chi connectivity index (χ1v) is 5.25. The number of nitrogens with zero attached hydrogens (tertiary/aromatic N) is 1. The highest BCUT2D eigenvalue weighted by Gasteiger charge is 2.38. The van der Waals surface area contributed by atoms with Gasteiger partial charge in [-0.3, -0.25) is 0 Å². The van der Waals surface area contributed by atoms with Crippen LogP contribution < -0.4 is 5.32 Å². The van der Waals surface area contributed by atoms with Crippen LogP contribution in [0.4, 0.5) is 0 Å². The monoisotopic (exact) mass is 203 g/mol. The summed E-state index contributed by atoms with van der Waals surface area (Å²) in [6.07, 6.45) is 1.24. The lowest BCUT2D eigenvalue weighted by Gasteiger charge is -2.33. The standard InChI is InChI=1S/C12H14N2O/c13-9-11-8-12(15,6-7-14-11)10-4-2-1-3-5-10/h1-5,11,14-15H,6-8H2/p+1/t11-,12+/m0/s1. The molecule has 2 atom stereocenters. The fourth-order valence-electron chi connectivity index (χ4n) is 2.18. The highest BCUT2D eigenvalue weighted by Crippen LogP contribution is 2.30. The SMILES string of the molecule is N#C[C@@H]1C[C@@](O)(c2ccccc2)CC[NH2+]1. The summed E-state index contributed by atoms with van der Waals surface area (Å²) in [4.78, 5) is 0. The van der Waals surface area contributed by atoms with E-state index in [9.17, 15) is 5.11 Å². The van der Waals surface area contributed by atoms with Crippen LogP contribution in [0.25, 0.3) is 0 Å². The number of nitriles is 1. The molecule has 1 aromatic rings. The number of nitrogens with two attached hydrogens (primary N) is 1. The number of rotatable bonds is 1. The first-order valence-electron chi connectivity index (χ1n) is 5.25. The van der Waals surface area contributed by atoms with Gasteiger partial charge < -0.3 is 10.4 Å². The van der Waals surface area contributed by atoms with Gasteiger partial charge in [0, 0.05) is 12.8 Å². The normalized spacial score (nSPS) is 30.8. The van der Waals surface area contributed by atoms with Crippen molar-refractivity contribution in [2.75, 3.05) is 6.54 Å². The van der Waals surface area contributed by atoms with E-state index < -0.39 is 5.60 Å². The number of benzene rings is 1. The Morgan fingerprint density at radius 3 is 2.80 bits per heavy atom. The minimum atomic E-state index is -0.809. The van der Waals surface area contributed by atoms with E-state index in [-0.39, 0.29) is 6.04 Å². The first-order chi connectivity index (χ1) is 7.24. The van der Waals surface area contributed by atoms with E-state index in [1.807, 2.05) is 35.6 Å². The molecule has 78 valence electrons. The molecule has 0 aliphatic carbocycles. The van der Waals surface area contributed by atoms with Crippen LogP contribution in [0.15, 0.2) is 30.3 Å². The van der Waals surface area contributed by atoms with Gasteiger partial charge in [-0.1, -0.05) is 30.3 Å². The molecular weight excluding hydrogens is 188 g/mol. The second-order valence-electron chi connectivity index (χ2n) is 4.11. The lowest BCUT2D eigenvalue weighted by Crippen LogP contribution is -2.92. The van der Waals surface area contributed by atoms with E-state index in [1.165, 1.54) is 0 Å². The predicted molar refractivity (Wildman–Crippen MR) is 55.8 cm³/mol. The number of hydrogen-bond donors (Lipinski definition) is 2. The van der Waals surface area contributed by atoms with E-state index >= 15 is 0 Å². The fraction of sp³-hybridized carbons (Fsp3) is 0.417. The van der Waals surface area contributed by atoms with Gasteiger partial charge in [0.15, 0.2) is 6.04 Å². The van der Waals surface area contributed by atoms with Crippen molar-refractivity contribution >= 4 is 0 Å². The molecule has 3 nitrogen and oxygen atoms in total. The van der Waals surface area contributed by atoms with Crippen molar-refractivity contribution in [2.45, 2.75) is 24.5 Å². The van der Waals surface area contributed by atoms with Crippen molar-refractivity contribution in [3.05, 3.63) is 35.9 Å². The fourth-order valence-corrected chi connectivity index (χ4v) is 2.18. The largest absolute Gasteiger partial charge is 0.385 e. The van der Waals surface area contributed by atoms with Gasteiger partial charge in [0.2, 0.25) is 0 Å². The predicted octanol–water partition coefficient (Wildman–Crippen LogP) is 0.124. The molecule has 1 aliphatic heterocycles.